The molecule has 0 saturated carbocycles. The van der Waals surface area contributed by atoms with Gasteiger partial charge in [0, 0.05) is 29.9 Å². The molecule has 6 heteroatoms. The Balaban J connectivity index is 1.53. The number of aromatic hydroxyl groups is 1. The van der Waals surface area contributed by atoms with Crippen LogP contribution in [0.5, 0.6) is 5.75 Å². The number of aromatic nitrogens is 3. The average molecular weight is 365 g/mol. The van der Waals surface area contributed by atoms with Crippen LogP contribution in [0, 0.1) is 0 Å². The molecule has 0 radical (unpaired) electrons. The Labute approximate surface area is 155 Å². The van der Waals surface area contributed by atoms with Crippen molar-refractivity contribution in [2.45, 2.75) is 6.42 Å². The zero-order valence-electron chi connectivity index (χ0n) is 13.9. The summed E-state index contributed by atoms with van der Waals surface area (Å²) in [6, 6.07) is 15.0. The molecule has 4 rings (SSSR count). The van der Waals surface area contributed by atoms with Crippen LogP contribution < -0.4 is 5.32 Å². The number of nitrogens with zero attached hydrogens (tertiary/aromatic N) is 2. The van der Waals surface area contributed by atoms with Crippen molar-refractivity contribution in [2.75, 3.05) is 11.9 Å². The van der Waals surface area contributed by atoms with Crippen LogP contribution in [0.3, 0.4) is 0 Å². The van der Waals surface area contributed by atoms with E-state index < -0.39 is 0 Å². The monoisotopic (exact) mass is 364 g/mol. The van der Waals surface area contributed by atoms with E-state index in [2.05, 4.69) is 20.3 Å². The lowest BCUT2D eigenvalue weighted by Crippen LogP contribution is -2.06. The topological polar surface area (TPSA) is 73.8 Å². The first-order valence-electron chi connectivity index (χ1n) is 8.31. The molecule has 4 aromatic rings. The van der Waals surface area contributed by atoms with Gasteiger partial charge < -0.3 is 15.4 Å². The summed E-state index contributed by atoms with van der Waals surface area (Å²) in [5.41, 5.74) is 4.01. The van der Waals surface area contributed by atoms with E-state index in [1.807, 2.05) is 42.6 Å². The number of hydrogen-bond donors (Lipinski definition) is 3. The summed E-state index contributed by atoms with van der Waals surface area (Å²) < 4.78 is 0. The lowest BCUT2D eigenvalue weighted by molar-refractivity contribution is 0.475. The van der Waals surface area contributed by atoms with Gasteiger partial charge in [0.2, 0.25) is 0 Å². The number of hydrogen-bond acceptors (Lipinski definition) is 4. The molecule has 26 heavy (non-hydrogen) atoms. The molecule has 0 aliphatic rings. The molecule has 0 bridgehead atoms. The number of phenols is 1. The predicted octanol–water partition coefficient (Wildman–Crippen LogP) is 4.64. The molecule has 0 atom stereocenters. The molecule has 0 spiro atoms. The largest absolute Gasteiger partial charge is 0.508 e. The summed E-state index contributed by atoms with van der Waals surface area (Å²) in [6.07, 6.45) is 4.52. The van der Waals surface area contributed by atoms with Gasteiger partial charge in [-0.2, -0.15) is 0 Å². The van der Waals surface area contributed by atoms with Crippen molar-refractivity contribution < 1.29 is 5.11 Å². The van der Waals surface area contributed by atoms with Crippen LogP contribution in [-0.4, -0.2) is 26.6 Å². The van der Waals surface area contributed by atoms with E-state index in [0.717, 1.165) is 40.0 Å². The number of benzene rings is 1. The van der Waals surface area contributed by atoms with Crippen molar-refractivity contribution in [3.8, 4) is 16.9 Å². The van der Waals surface area contributed by atoms with Gasteiger partial charge in [0.1, 0.15) is 22.4 Å². The van der Waals surface area contributed by atoms with Crippen LogP contribution in [0.1, 0.15) is 5.56 Å². The Hall–Kier alpha value is -3.05. The minimum atomic E-state index is 0.274. The maximum Gasteiger partial charge on any atom is 0.137 e. The van der Waals surface area contributed by atoms with Crippen molar-refractivity contribution in [3.63, 3.8) is 0 Å². The molecular formula is C20H17ClN4O. The maximum absolute atomic E-state index is 9.34. The number of aromatic amines is 1. The molecule has 0 fully saturated rings. The van der Waals surface area contributed by atoms with E-state index in [4.69, 9.17) is 11.6 Å². The SMILES string of the molecule is Oc1ccc(CCNc2cc(-c3c[nH]c4ncccc34)cc(Cl)n2)cc1. The second kappa shape index (κ2) is 7.06. The molecule has 0 aliphatic heterocycles. The van der Waals surface area contributed by atoms with E-state index in [1.165, 1.54) is 0 Å². The van der Waals surface area contributed by atoms with Gasteiger partial charge >= 0.3 is 0 Å². The minimum absolute atomic E-state index is 0.274. The second-order valence-corrected chi connectivity index (χ2v) is 6.40. The van der Waals surface area contributed by atoms with Crippen LogP contribution in [0.2, 0.25) is 5.15 Å². The molecular weight excluding hydrogens is 348 g/mol. The maximum atomic E-state index is 9.34. The van der Waals surface area contributed by atoms with E-state index in [-0.39, 0.29) is 5.75 Å². The van der Waals surface area contributed by atoms with Crippen LogP contribution in [0.25, 0.3) is 22.2 Å². The summed E-state index contributed by atoms with van der Waals surface area (Å²) in [5, 5.41) is 14.1. The third-order valence-corrected chi connectivity index (χ3v) is 4.41. The highest BCUT2D eigenvalue weighted by molar-refractivity contribution is 6.29. The fourth-order valence-electron chi connectivity index (χ4n) is 2.94. The Morgan fingerprint density at radius 3 is 2.81 bits per heavy atom. The van der Waals surface area contributed by atoms with Crippen molar-refractivity contribution in [1.29, 1.82) is 0 Å². The van der Waals surface area contributed by atoms with E-state index in [9.17, 15) is 5.11 Å². The Morgan fingerprint density at radius 2 is 1.96 bits per heavy atom. The Kier molecular flexibility index (Phi) is 4.46. The zero-order valence-corrected chi connectivity index (χ0v) is 14.7. The number of fused-ring (bicyclic) bond motifs is 1. The summed E-state index contributed by atoms with van der Waals surface area (Å²) in [6.45, 7) is 0.715. The number of rotatable bonds is 5. The van der Waals surface area contributed by atoms with Gasteiger partial charge in [-0.3, -0.25) is 0 Å². The third kappa shape index (κ3) is 3.48. The van der Waals surface area contributed by atoms with Gasteiger partial charge in [-0.15, -0.1) is 0 Å². The highest BCUT2D eigenvalue weighted by Crippen LogP contribution is 2.30. The highest BCUT2D eigenvalue weighted by atomic mass is 35.5. The fraction of sp³-hybridized carbons (Fsp3) is 0.100. The van der Waals surface area contributed by atoms with Crippen molar-refractivity contribution in [1.82, 2.24) is 15.0 Å². The highest BCUT2D eigenvalue weighted by Gasteiger charge is 2.09. The van der Waals surface area contributed by atoms with Crippen molar-refractivity contribution >= 4 is 28.5 Å². The molecule has 0 unspecified atom stereocenters. The fourth-order valence-corrected chi connectivity index (χ4v) is 3.14. The van der Waals surface area contributed by atoms with Crippen LogP contribution in [-0.2, 0) is 6.42 Å². The zero-order chi connectivity index (χ0) is 17.9. The van der Waals surface area contributed by atoms with Crippen LogP contribution in [0.4, 0.5) is 5.82 Å². The summed E-state index contributed by atoms with van der Waals surface area (Å²) in [7, 11) is 0. The number of anilines is 1. The van der Waals surface area contributed by atoms with E-state index in [1.54, 1.807) is 18.3 Å². The predicted molar refractivity (Wildman–Crippen MR) is 105 cm³/mol. The van der Waals surface area contributed by atoms with Crippen molar-refractivity contribution in [2.24, 2.45) is 0 Å². The minimum Gasteiger partial charge on any atom is -0.508 e. The first-order chi connectivity index (χ1) is 12.7. The lowest BCUT2D eigenvalue weighted by Gasteiger charge is -2.09. The summed E-state index contributed by atoms with van der Waals surface area (Å²) in [4.78, 5) is 11.9. The molecule has 3 heterocycles. The molecule has 5 nitrogen and oxygen atoms in total. The van der Waals surface area contributed by atoms with E-state index >= 15 is 0 Å². The molecule has 3 aromatic heterocycles. The first-order valence-corrected chi connectivity index (χ1v) is 8.69. The normalized spacial score (nSPS) is 11.0. The second-order valence-electron chi connectivity index (χ2n) is 6.01. The number of nitrogens with one attached hydrogen (secondary N) is 2. The van der Waals surface area contributed by atoms with Gasteiger partial charge in [0.05, 0.1) is 0 Å². The Bertz CT molecular complexity index is 1040. The number of phenolic OH excluding ortho intramolecular Hbond substituents is 1. The summed E-state index contributed by atoms with van der Waals surface area (Å²) in [5.74, 6) is 1.00. The third-order valence-electron chi connectivity index (χ3n) is 4.21. The van der Waals surface area contributed by atoms with Gasteiger partial charge in [0.15, 0.2) is 0 Å². The molecule has 0 aliphatic carbocycles. The van der Waals surface area contributed by atoms with Crippen LogP contribution >= 0.6 is 11.6 Å². The average Bonchev–Trinajstić information content (AvgIpc) is 3.07. The van der Waals surface area contributed by atoms with Gasteiger partial charge in [-0.25, -0.2) is 9.97 Å². The van der Waals surface area contributed by atoms with Crippen molar-refractivity contribution in [3.05, 3.63) is 71.6 Å². The number of pyridine rings is 2. The molecule has 0 amide bonds. The Morgan fingerprint density at radius 1 is 1.12 bits per heavy atom. The van der Waals surface area contributed by atoms with E-state index in [0.29, 0.717) is 11.7 Å². The molecule has 0 saturated heterocycles. The van der Waals surface area contributed by atoms with Gasteiger partial charge in [0.25, 0.3) is 0 Å². The molecule has 1 aromatic carbocycles. The van der Waals surface area contributed by atoms with Gasteiger partial charge in [-0.1, -0.05) is 23.7 Å². The standard InChI is InChI=1S/C20H17ClN4O/c21-18-10-14(17-12-24-20-16(17)2-1-8-23-20)11-19(25-18)22-9-7-13-3-5-15(26)6-4-13/h1-6,8,10-12,26H,7,9H2,(H,22,25)(H,23,24). The van der Waals surface area contributed by atoms with Crippen LogP contribution in [0.15, 0.2) is 60.9 Å². The van der Waals surface area contributed by atoms with Gasteiger partial charge in [-0.05, 0) is 53.9 Å². The lowest BCUT2D eigenvalue weighted by atomic mass is 10.1. The quantitative estimate of drug-likeness (QED) is 0.451. The number of halogens is 1. The smallest absolute Gasteiger partial charge is 0.137 e. The summed E-state index contributed by atoms with van der Waals surface area (Å²) >= 11 is 6.23. The number of H-pyrrole nitrogens is 1. The molecule has 3 N–H and O–H groups in total. The molecule has 130 valence electrons. The first kappa shape index (κ1) is 16.4.